The minimum Gasteiger partial charge on any atom is -0.508 e. The predicted molar refractivity (Wildman–Crippen MR) is 89.5 cm³/mol. The molecule has 0 atom stereocenters. The van der Waals surface area contributed by atoms with E-state index in [-0.39, 0.29) is 5.75 Å². The normalized spacial score (nSPS) is 10.3. The molecule has 2 N–H and O–H groups in total. The number of rotatable bonds is 5. The molecule has 116 valence electrons. The Morgan fingerprint density at radius 1 is 1.00 bits per heavy atom. The molecule has 2 heterocycles. The van der Waals surface area contributed by atoms with E-state index in [0.29, 0.717) is 12.3 Å². The maximum absolute atomic E-state index is 9.49. The number of methoxy groups -OCH3 is 1. The first kappa shape index (κ1) is 14.8. The molecule has 5 heteroatoms. The van der Waals surface area contributed by atoms with Gasteiger partial charge in [0, 0.05) is 36.3 Å². The summed E-state index contributed by atoms with van der Waals surface area (Å²) in [4.78, 5) is 8.43. The SMILES string of the molecule is COc1cncc(-c2cncc(NCc3cccc(O)c3)c2)c1. The van der Waals surface area contributed by atoms with Crippen LogP contribution in [0.5, 0.6) is 11.5 Å². The van der Waals surface area contributed by atoms with Gasteiger partial charge in [-0.3, -0.25) is 9.97 Å². The Labute approximate surface area is 134 Å². The zero-order chi connectivity index (χ0) is 16.1. The van der Waals surface area contributed by atoms with Crippen LogP contribution < -0.4 is 10.1 Å². The summed E-state index contributed by atoms with van der Waals surface area (Å²) >= 11 is 0. The minimum atomic E-state index is 0.263. The fraction of sp³-hybridized carbons (Fsp3) is 0.111. The number of pyridine rings is 2. The van der Waals surface area contributed by atoms with Crippen LogP contribution in [0.25, 0.3) is 11.1 Å². The summed E-state index contributed by atoms with van der Waals surface area (Å²) in [6.45, 7) is 0.607. The van der Waals surface area contributed by atoms with Crippen molar-refractivity contribution in [1.29, 1.82) is 0 Å². The van der Waals surface area contributed by atoms with E-state index in [1.807, 2.05) is 24.3 Å². The van der Waals surface area contributed by atoms with Crippen molar-refractivity contribution in [3.8, 4) is 22.6 Å². The lowest BCUT2D eigenvalue weighted by atomic mass is 10.1. The largest absolute Gasteiger partial charge is 0.508 e. The number of hydrogen-bond acceptors (Lipinski definition) is 5. The molecule has 0 fully saturated rings. The number of nitrogens with one attached hydrogen (secondary N) is 1. The van der Waals surface area contributed by atoms with Gasteiger partial charge in [-0.2, -0.15) is 0 Å². The van der Waals surface area contributed by atoms with E-state index in [9.17, 15) is 5.11 Å². The van der Waals surface area contributed by atoms with E-state index in [0.717, 1.165) is 22.4 Å². The first-order valence-corrected chi connectivity index (χ1v) is 7.21. The van der Waals surface area contributed by atoms with Gasteiger partial charge < -0.3 is 15.2 Å². The summed E-state index contributed by atoms with van der Waals surface area (Å²) < 4.78 is 5.20. The first-order chi connectivity index (χ1) is 11.2. The molecule has 0 bridgehead atoms. The molecule has 0 saturated carbocycles. The highest BCUT2D eigenvalue weighted by molar-refractivity contribution is 5.67. The fourth-order valence-electron chi connectivity index (χ4n) is 2.25. The van der Waals surface area contributed by atoms with Gasteiger partial charge in [-0.05, 0) is 29.8 Å². The van der Waals surface area contributed by atoms with Gasteiger partial charge in [0.15, 0.2) is 0 Å². The number of phenolic OH excluding ortho intramolecular Hbond substituents is 1. The van der Waals surface area contributed by atoms with Crippen molar-refractivity contribution in [2.75, 3.05) is 12.4 Å². The summed E-state index contributed by atoms with van der Waals surface area (Å²) in [5.74, 6) is 0.972. The number of aromatic nitrogens is 2. The average molecular weight is 307 g/mol. The van der Waals surface area contributed by atoms with Crippen molar-refractivity contribution in [2.24, 2.45) is 0 Å². The maximum Gasteiger partial charge on any atom is 0.137 e. The second kappa shape index (κ2) is 6.79. The van der Waals surface area contributed by atoms with Crippen LogP contribution >= 0.6 is 0 Å². The quantitative estimate of drug-likeness (QED) is 0.755. The average Bonchev–Trinajstić information content (AvgIpc) is 2.60. The van der Waals surface area contributed by atoms with Gasteiger partial charge in [0.2, 0.25) is 0 Å². The highest BCUT2D eigenvalue weighted by Crippen LogP contribution is 2.24. The molecule has 0 aliphatic carbocycles. The Morgan fingerprint density at radius 3 is 2.57 bits per heavy atom. The molecule has 0 aliphatic heterocycles. The van der Waals surface area contributed by atoms with Gasteiger partial charge >= 0.3 is 0 Å². The third-order valence-electron chi connectivity index (χ3n) is 3.43. The zero-order valence-corrected chi connectivity index (χ0v) is 12.7. The smallest absolute Gasteiger partial charge is 0.137 e. The fourth-order valence-corrected chi connectivity index (χ4v) is 2.25. The summed E-state index contributed by atoms with van der Waals surface area (Å²) in [5, 5.41) is 12.8. The molecule has 2 aromatic heterocycles. The monoisotopic (exact) mass is 307 g/mol. The van der Waals surface area contributed by atoms with Crippen LogP contribution in [0.3, 0.4) is 0 Å². The van der Waals surface area contributed by atoms with Crippen molar-refractivity contribution >= 4 is 5.69 Å². The first-order valence-electron chi connectivity index (χ1n) is 7.21. The number of ether oxygens (including phenoxy) is 1. The molecule has 23 heavy (non-hydrogen) atoms. The minimum absolute atomic E-state index is 0.263. The molecule has 0 spiro atoms. The van der Waals surface area contributed by atoms with Gasteiger partial charge in [0.25, 0.3) is 0 Å². The summed E-state index contributed by atoms with van der Waals surface area (Å²) in [5.41, 5.74) is 3.79. The summed E-state index contributed by atoms with van der Waals surface area (Å²) in [7, 11) is 1.62. The van der Waals surface area contributed by atoms with Crippen molar-refractivity contribution in [2.45, 2.75) is 6.54 Å². The molecule has 3 aromatic rings. The van der Waals surface area contributed by atoms with E-state index in [1.165, 1.54) is 0 Å². The number of aromatic hydroxyl groups is 1. The van der Waals surface area contributed by atoms with Crippen LogP contribution in [0, 0.1) is 0 Å². The third-order valence-corrected chi connectivity index (χ3v) is 3.43. The van der Waals surface area contributed by atoms with Gasteiger partial charge in [-0.1, -0.05) is 12.1 Å². The van der Waals surface area contributed by atoms with E-state index in [1.54, 1.807) is 44.0 Å². The molecule has 1 aromatic carbocycles. The number of nitrogens with zero attached hydrogens (tertiary/aromatic N) is 2. The van der Waals surface area contributed by atoms with Gasteiger partial charge in [0.1, 0.15) is 11.5 Å². The molecular formula is C18H17N3O2. The van der Waals surface area contributed by atoms with E-state index in [2.05, 4.69) is 15.3 Å². The lowest BCUT2D eigenvalue weighted by molar-refractivity contribution is 0.413. The molecule has 0 amide bonds. The lowest BCUT2D eigenvalue weighted by Gasteiger charge is -2.09. The van der Waals surface area contributed by atoms with Crippen LogP contribution in [-0.2, 0) is 6.54 Å². The van der Waals surface area contributed by atoms with Crippen molar-refractivity contribution in [3.63, 3.8) is 0 Å². The summed E-state index contributed by atoms with van der Waals surface area (Å²) in [6.07, 6.45) is 7.00. The molecule has 3 rings (SSSR count). The number of phenols is 1. The highest BCUT2D eigenvalue weighted by atomic mass is 16.5. The number of hydrogen-bond donors (Lipinski definition) is 2. The molecular weight excluding hydrogens is 290 g/mol. The summed E-state index contributed by atoms with van der Waals surface area (Å²) in [6, 6.07) is 11.1. The van der Waals surface area contributed by atoms with Crippen molar-refractivity contribution in [1.82, 2.24) is 9.97 Å². The van der Waals surface area contributed by atoms with E-state index < -0.39 is 0 Å². The van der Waals surface area contributed by atoms with E-state index >= 15 is 0 Å². The second-order valence-corrected chi connectivity index (χ2v) is 5.10. The Bertz CT molecular complexity index is 806. The van der Waals surface area contributed by atoms with Gasteiger partial charge in [0.05, 0.1) is 19.0 Å². The highest BCUT2D eigenvalue weighted by Gasteiger charge is 2.03. The number of anilines is 1. The van der Waals surface area contributed by atoms with Crippen LogP contribution in [0.2, 0.25) is 0 Å². The van der Waals surface area contributed by atoms with Crippen molar-refractivity contribution in [3.05, 3.63) is 66.7 Å². The molecule has 0 saturated heterocycles. The third kappa shape index (κ3) is 3.77. The number of benzene rings is 1. The van der Waals surface area contributed by atoms with Crippen LogP contribution in [0.4, 0.5) is 5.69 Å². The molecule has 0 unspecified atom stereocenters. The van der Waals surface area contributed by atoms with Gasteiger partial charge in [-0.25, -0.2) is 0 Å². The lowest BCUT2D eigenvalue weighted by Crippen LogP contribution is -1.99. The topological polar surface area (TPSA) is 67.3 Å². The van der Waals surface area contributed by atoms with Crippen LogP contribution in [-0.4, -0.2) is 22.2 Å². The van der Waals surface area contributed by atoms with Crippen molar-refractivity contribution < 1.29 is 9.84 Å². The second-order valence-electron chi connectivity index (χ2n) is 5.10. The standard InChI is InChI=1S/C18H17N3O2/c1-23-18-7-15(10-20-12-18)14-6-16(11-19-9-14)21-8-13-3-2-4-17(22)5-13/h2-7,9-12,21-22H,8H2,1H3. The predicted octanol–water partition coefficient (Wildman–Crippen LogP) is 3.47. The zero-order valence-electron chi connectivity index (χ0n) is 12.7. The van der Waals surface area contributed by atoms with E-state index in [4.69, 9.17) is 4.74 Å². The van der Waals surface area contributed by atoms with Crippen LogP contribution in [0.1, 0.15) is 5.56 Å². The Hall–Kier alpha value is -3.08. The Kier molecular flexibility index (Phi) is 4.38. The maximum atomic E-state index is 9.49. The van der Waals surface area contributed by atoms with Crippen LogP contribution in [0.15, 0.2) is 61.2 Å². The Morgan fingerprint density at radius 2 is 1.78 bits per heavy atom. The Balaban J connectivity index is 1.77. The molecule has 5 nitrogen and oxygen atoms in total. The molecule has 0 radical (unpaired) electrons. The van der Waals surface area contributed by atoms with Gasteiger partial charge in [-0.15, -0.1) is 0 Å². The molecule has 0 aliphatic rings.